The Bertz CT molecular complexity index is 641. The molecule has 0 amide bonds. The number of aryl methyl sites for hydroxylation is 1. The molecule has 9 heteroatoms. The smallest absolute Gasteiger partial charge is 0.357 e. The van der Waals surface area contributed by atoms with Crippen molar-refractivity contribution in [2.75, 3.05) is 0 Å². The monoisotopic (exact) mass is 252 g/mol. The van der Waals surface area contributed by atoms with E-state index in [0.29, 0.717) is 0 Å². The first kappa shape index (κ1) is 11.8. The molecule has 0 aliphatic rings. The molecule has 0 unspecified atom stereocenters. The summed E-state index contributed by atoms with van der Waals surface area (Å²) in [6.45, 7) is 2.95. The number of carbonyl (C=O) groups is 1. The van der Waals surface area contributed by atoms with Gasteiger partial charge in [0.1, 0.15) is 17.7 Å². The summed E-state index contributed by atoms with van der Waals surface area (Å²) in [7, 11) is 0. The zero-order valence-electron chi connectivity index (χ0n) is 9.45. The van der Waals surface area contributed by atoms with E-state index < -0.39 is 10.9 Å². The molecule has 0 bridgehead atoms. The summed E-state index contributed by atoms with van der Waals surface area (Å²) >= 11 is 0. The third-order valence-corrected chi connectivity index (χ3v) is 2.33. The maximum absolute atomic E-state index is 10.8. The fraction of sp³-hybridized carbons (Fsp3) is 0.222. The summed E-state index contributed by atoms with van der Waals surface area (Å²) in [6.07, 6.45) is 0.944. The molecule has 94 valence electrons. The minimum Gasteiger partial charge on any atom is -0.476 e. The van der Waals surface area contributed by atoms with Crippen LogP contribution in [0.2, 0.25) is 0 Å². The van der Waals surface area contributed by atoms with Gasteiger partial charge in [-0.25, -0.2) is 4.79 Å². The number of aromatic carboxylic acids is 1. The molecular formula is C9H8N4O5. The molecule has 2 rings (SSSR count). The van der Waals surface area contributed by atoms with Crippen LogP contribution in [0.5, 0.6) is 0 Å². The van der Waals surface area contributed by atoms with Gasteiger partial charge in [0, 0.05) is 0 Å². The number of carboxylic acid groups (broad SMARTS) is 1. The van der Waals surface area contributed by atoms with E-state index in [1.54, 1.807) is 0 Å². The minimum atomic E-state index is -1.25. The van der Waals surface area contributed by atoms with Crippen molar-refractivity contribution in [3.63, 3.8) is 0 Å². The van der Waals surface area contributed by atoms with Crippen molar-refractivity contribution in [2.24, 2.45) is 0 Å². The fourth-order valence-electron chi connectivity index (χ4n) is 1.54. The lowest BCUT2D eigenvalue weighted by molar-refractivity contribution is -0.386. The molecular weight excluding hydrogens is 244 g/mol. The highest BCUT2D eigenvalue weighted by atomic mass is 16.6. The van der Waals surface area contributed by atoms with Gasteiger partial charge in [-0.15, -0.1) is 0 Å². The van der Waals surface area contributed by atoms with Gasteiger partial charge in [-0.1, -0.05) is 0 Å². The first-order chi connectivity index (χ1) is 8.41. The van der Waals surface area contributed by atoms with E-state index >= 15 is 0 Å². The Morgan fingerprint density at radius 3 is 2.67 bits per heavy atom. The lowest BCUT2D eigenvalue weighted by Crippen LogP contribution is -2.02. The van der Waals surface area contributed by atoms with Crippen molar-refractivity contribution in [3.05, 3.63) is 33.5 Å². The summed E-state index contributed by atoms with van der Waals surface area (Å²) in [6, 6.07) is -0.124. The van der Waals surface area contributed by atoms with Crippen LogP contribution in [0.4, 0.5) is 5.69 Å². The van der Waals surface area contributed by atoms with Crippen molar-refractivity contribution in [1.82, 2.24) is 14.8 Å². The topological polar surface area (TPSA) is 124 Å². The number of nitro groups is 1. The Balaban J connectivity index is 2.54. The number of carboxylic acids is 1. The zero-order valence-corrected chi connectivity index (χ0v) is 9.45. The van der Waals surface area contributed by atoms with Crippen molar-refractivity contribution < 1.29 is 19.2 Å². The van der Waals surface area contributed by atoms with E-state index in [1.165, 1.54) is 13.8 Å². The second-order valence-corrected chi connectivity index (χ2v) is 3.51. The lowest BCUT2D eigenvalue weighted by Gasteiger charge is -1.95. The molecule has 0 aliphatic carbocycles. The molecule has 18 heavy (non-hydrogen) atoms. The van der Waals surface area contributed by atoms with E-state index in [1.807, 2.05) is 0 Å². The van der Waals surface area contributed by atoms with E-state index in [9.17, 15) is 14.9 Å². The molecule has 0 fully saturated rings. The summed E-state index contributed by atoms with van der Waals surface area (Å²) in [5, 5.41) is 23.4. The predicted octanol–water partition coefficient (Wildman–Crippen LogP) is 1.08. The third-order valence-electron chi connectivity index (χ3n) is 2.33. The van der Waals surface area contributed by atoms with Crippen molar-refractivity contribution in [1.29, 1.82) is 0 Å². The normalized spacial score (nSPS) is 10.6. The number of nitrogens with zero attached hydrogens (tertiary/aromatic N) is 4. The highest BCUT2D eigenvalue weighted by Crippen LogP contribution is 2.24. The molecule has 0 aliphatic heterocycles. The fourth-order valence-corrected chi connectivity index (χ4v) is 1.54. The van der Waals surface area contributed by atoms with Crippen molar-refractivity contribution >= 4 is 11.7 Å². The third kappa shape index (κ3) is 1.71. The lowest BCUT2D eigenvalue weighted by atomic mass is 10.3. The summed E-state index contributed by atoms with van der Waals surface area (Å²) in [4.78, 5) is 24.6. The molecule has 0 saturated carbocycles. The highest BCUT2D eigenvalue weighted by molar-refractivity contribution is 5.84. The van der Waals surface area contributed by atoms with Crippen LogP contribution in [-0.2, 0) is 0 Å². The van der Waals surface area contributed by atoms with Gasteiger partial charge >= 0.3 is 17.7 Å². The Kier molecular flexibility index (Phi) is 2.58. The maximum Gasteiger partial charge on any atom is 0.357 e. The van der Waals surface area contributed by atoms with Gasteiger partial charge in [-0.2, -0.15) is 14.8 Å². The van der Waals surface area contributed by atoms with Gasteiger partial charge in [0.25, 0.3) is 0 Å². The number of hydrogen-bond donors (Lipinski definition) is 1. The number of hydrogen-bond acceptors (Lipinski definition) is 6. The van der Waals surface area contributed by atoms with E-state index in [-0.39, 0.29) is 28.8 Å². The average molecular weight is 252 g/mol. The molecule has 2 aromatic heterocycles. The number of aromatic nitrogens is 3. The second-order valence-electron chi connectivity index (χ2n) is 3.51. The van der Waals surface area contributed by atoms with Crippen LogP contribution >= 0.6 is 0 Å². The van der Waals surface area contributed by atoms with Crippen LogP contribution in [0.1, 0.15) is 21.9 Å². The SMILES string of the molecule is Cc1nn(-c2nc(C(=O)O)co2)c(C)c1[N+](=O)[O-]. The summed E-state index contributed by atoms with van der Waals surface area (Å²) in [5.74, 6) is -1.25. The Hall–Kier alpha value is -2.71. The molecule has 0 saturated heterocycles. The average Bonchev–Trinajstić information content (AvgIpc) is 2.83. The minimum absolute atomic E-state index is 0.124. The van der Waals surface area contributed by atoms with Crippen LogP contribution in [-0.4, -0.2) is 30.8 Å². The molecule has 2 aromatic rings. The first-order valence-corrected chi connectivity index (χ1v) is 4.81. The van der Waals surface area contributed by atoms with Crippen LogP contribution in [0.25, 0.3) is 6.01 Å². The Morgan fingerprint density at radius 1 is 1.56 bits per heavy atom. The van der Waals surface area contributed by atoms with Crippen LogP contribution in [0.15, 0.2) is 10.7 Å². The molecule has 1 N–H and O–H groups in total. The standard InChI is InChI=1S/C9H8N4O5/c1-4-7(13(16)17)5(2)12(11-4)9-10-6(3-18-9)8(14)15/h3H,1-2H3,(H,14,15). The summed E-state index contributed by atoms with van der Waals surface area (Å²) < 4.78 is 6.02. The van der Waals surface area contributed by atoms with Gasteiger partial charge in [0.15, 0.2) is 5.69 Å². The Labute approximate surface area is 99.8 Å². The largest absolute Gasteiger partial charge is 0.476 e. The molecule has 0 spiro atoms. The second kappa shape index (κ2) is 3.95. The van der Waals surface area contributed by atoms with Gasteiger partial charge < -0.3 is 9.52 Å². The van der Waals surface area contributed by atoms with Crippen LogP contribution < -0.4 is 0 Å². The van der Waals surface area contributed by atoms with Crippen LogP contribution in [0.3, 0.4) is 0 Å². The molecule has 0 atom stereocenters. The van der Waals surface area contributed by atoms with E-state index in [0.717, 1.165) is 10.9 Å². The van der Waals surface area contributed by atoms with E-state index in [2.05, 4.69) is 10.1 Å². The van der Waals surface area contributed by atoms with E-state index in [4.69, 9.17) is 9.52 Å². The molecule has 0 aromatic carbocycles. The maximum atomic E-state index is 10.8. The van der Waals surface area contributed by atoms with Gasteiger partial charge in [0.2, 0.25) is 0 Å². The van der Waals surface area contributed by atoms with Crippen molar-refractivity contribution in [3.8, 4) is 6.01 Å². The zero-order chi connectivity index (χ0) is 13.4. The number of oxazole rings is 1. The van der Waals surface area contributed by atoms with Gasteiger partial charge in [0.05, 0.1) is 4.92 Å². The molecule has 9 nitrogen and oxygen atoms in total. The summed E-state index contributed by atoms with van der Waals surface area (Å²) in [5.41, 5.74) is -0.0193. The highest BCUT2D eigenvalue weighted by Gasteiger charge is 2.25. The predicted molar refractivity (Wildman–Crippen MR) is 56.7 cm³/mol. The Morgan fingerprint density at radius 2 is 2.22 bits per heavy atom. The molecule has 2 heterocycles. The number of rotatable bonds is 3. The quantitative estimate of drug-likeness (QED) is 0.640. The van der Waals surface area contributed by atoms with Gasteiger partial charge in [-0.05, 0) is 13.8 Å². The van der Waals surface area contributed by atoms with Crippen molar-refractivity contribution in [2.45, 2.75) is 13.8 Å². The van der Waals surface area contributed by atoms with Crippen LogP contribution in [0, 0.1) is 24.0 Å². The molecule has 0 radical (unpaired) electrons. The van der Waals surface area contributed by atoms with Gasteiger partial charge in [-0.3, -0.25) is 10.1 Å². The first-order valence-electron chi connectivity index (χ1n) is 4.81.